The lowest BCUT2D eigenvalue weighted by Crippen LogP contribution is -2.39. The average molecular weight is 252 g/mol. The largest absolute Gasteiger partial charge is 0.456 e. The van der Waals surface area contributed by atoms with Gasteiger partial charge in [-0.3, -0.25) is 4.79 Å². The molecule has 0 aromatic carbocycles. The molecule has 0 spiro atoms. The number of nitrogens with two attached hydrogens (primary N) is 1. The van der Waals surface area contributed by atoms with E-state index in [1.165, 1.54) is 5.57 Å². The van der Waals surface area contributed by atoms with Gasteiger partial charge in [-0.25, -0.2) is 0 Å². The molecule has 1 aliphatic heterocycles. The van der Waals surface area contributed by atoms with Crippen molar-refractivity contribution in [3.05, 3.63) is 23.0 Å². The van der Waals surface area contributed by atoms with E-state index in [2.05, 4.69) is 5.32 Å². The first-order valence-electron chi connectivity index (χ1n) is 6.43. The molecule has 0 saturated carbocycles. The molecule has 2 rings (SSSR count). The molecular weight excluding hydrogens is 232 g/mol. The van der Waals surface area contributed by atoms with Gasteiger partial charge in [0, 0.05) is 12.3 Å². The van der Waals surface area contributed by atoms with E-state index in [1.54, 1.807) is 0 Å². The molecule has 5 nitrogen and oxygen atoms in total. The summed E-state index contributed by atoms with van der Waals surface area (Å²) >= 11 is 0. The normalized spacial score (nSPS) is 24.8. The lowest BCUT2D eigenvalue weighted by atomic mass is 9.89. The maximum absolute atomic E-state index is 10.6. The monoisotopic (exact) mass is 252 g/mol. The number of dihydropyridines is 1. The maximum Gasteiger partial charge on any atom is 0.294 e. The van der Waals surface area contributed by atoms with Crippen molar-refractivity contribution in [1.29, 1.82) is 0 Å². The molecule has 0 radical (unpaired) electrons. The van der Waals surface area contributed by atoms with Crippen molar-refractivity contribution in [2.45, 2.75) is 44.9 Å². The first-order valence-corrected chi connectivity index (χ1v) is 6.43. The van der Waals surface area contributed by atoms with Crippen LogP contribution < -0.4 is 11.1 Å². The van der Waals surface area contributed by atoms with Crippen molar-refractivity contribution in [3.8, 4) is 0 Å². The molecule has 1 aliphatic carbocycles. The summed E-state index contributed by atoms with van der Waals surface area (Å²) in [6, 6.07) is 0. The standard InChI is InChI=1S/C13H20N2O3/c1-2-17-13(14)11-7-12(18-8-16)9-5-3-4-6-10(9)15-11/h7-8,12-13,15H,2-6,14H2,1H3. The van der Waals surface area contributed by atoms with Crippen LogP contribution in [0.25, 0.3) is 0 Å². The Morgan fingerprint density at radius 3 is 3.06 bits per heavy atom. The van der Waals surface area contributed by atoms with Gasteiger partial charge < -0.3 is 20.5 Å². The highest BCUT2D eigenvalue weighted by molar-refractivity contribution is 5.43. The zero-order valence-electron chi connectivity index (χ0n) is 10.6. The fraction of sp³-hybridized carbons (Fsp3) is 0.615. The Labute approximate surface area is 107 Å². The number of carbonyl (C=O) groups is 1. The summed E-state index contributed by atoms with van der Waals surface area (Å²) in [4.78, 5) is 10.6. The van der Waals surface area contributed by atoms with Crippen LogP contribution in [-0.4, -0.2) is 25.4 Å². The summed E-state index contributed by atoms with van der Waals surface area (Å²) in [5, 5.41) is 3.32. The second kappa shape index (κ2) is 6.02. The van der Waals surface area contributed by atoms with Crippen LogP contribution in [0.3, 0.4) is 0 Å². The zero-order valence-corrected chi connectivity index (χ0v) is 10.6. The molecule has 2 unspecified atom stereocenters. The molecule has 0 aromatic heterocycles. The third-order valence-corrected chi connectivity index (χ3v) is 3.34. The van der Waals surface area contributed by atoms with Crippen molar-refractivity contribution in [2.24, 2.45) is 5.73 Å². The number of ether oxygens (including phenoxy) is 2. The van der Waals surface area contributed by atoms with Gasteiger partial charge in [-0.1, -0.05) is 0 Å². The van der Waals surface area contributed by atoms with Gasteiger partial charge in [0.25, 0.3) is 6.47 Å². The summed E-state index contributed by atoms with van der Waals surface area (Å²) in [7, 11) is 0. The Kier molecular flexibility index (Phi) is 4.38. The van der Waals surface area contributed by atoms with E-state index in [4.69, 9.17) is 15.2 Å². The predicted octanol–water partition coefficient (Wildman–Crippen LogP) is 1.16. The lowest BCUT2D eigenvalue weighted by Gasteiger charge is -2.32. The van der Waals surface area contributed by atoms with Crippen LogP contribution in [-0.2, 0) is 14.3 Å². The van der Waals surface area contributed by atoms with Gasteiger partial charge in [0.15, 0.2) is 0 Å². The SMILES string of the molecule is CCOC(N)C1=CC(OC=O)C2=C(CCCC2)N1. The Morgan fingerprint density at radius 1 is 1.56 bits per heavy atom. The summed E-state index contributed by atoms with van der Waals surface area (Å²) in [5.74, 6) is 0. The van der Waals surface area contributed by atoms with E-state index in [-0.39, 0.29) is 6.10 Å². The van der Waals surface area contributed by atoms with Gasteiger partial charge in [0.1, 0.15) is 12.3 Å². The number of hydrogen-bond acceptors (Lipinski definition) is 5. The van der Waals surface area contributed by atoms with Crippen LogP contribution in [0.5, 0.6) is 0 Å². The van der Waals surface area contributed by atoms with E-state index in [0.29, 0.717) is 13.1 Å². The third kappa shape index (κ3) is 2.73. The molecular formula is C13H20N2O3. The molecule has 18 heavy (non-hydrogen) atoms. The van der Waals surface area contributed by atoms with Gasteiger partial charge in [0.2, 0.25) is 0 Å². The van der Waals surface area contributed by atoms with E-state index < -0.39 is 6.23 Å². The van der Waals surface area contributed by atoms with E-state index in [9.17, 15) is 4.79 Å². The summed E-state index contributed by atoms with van der Waals surface area (Å²) in [5.41, 5.74) is 9.01. The molecule has 0 amide bonds. The quantitative estimate of drug-likeness (QED) is 0.567. The second-order valence-electron chi connectivity index (χ2n) is 4.49. The summed E-state index contributed by atoms with van der Waals surface area (Å²) in [6.45, 7) is 2.94. The number of carbonyl (C=O) groups excluding carboxylic acids is 1. The van der Waals surface area contributed by atoms with Gasteiger partial charge in [0.05, 0.1) is 5.70 Å². The van der Waals surface area contributed by atoms with Crippen LogP contribution in [0.4, 0.5) is 0 Å². The lowest BCUT2D eigenvalue weighted by molar-refractivity contribution is -0.130. The Bertz CT molecular complexity index is 376. The van der Waals surface area contributed by atoms with E-state index in [0.717, 1.165) is 37.1 Å². The van der Waals surface area contributed by atoms with Crippen LogP contribution in [0.2, 0.25) is 0 Å². The highest BCUT2D eigenvalue weighted by atomic mass is 16.5. The molecule has 1 heterocycles. The van der Waals surface area contributed by atoms with Crippen molar-refractivity contribution < 1.29 is 14.3 Å². The Morgan fingerprint density at radius 2 is 2.33 bits per heavy atom. The van der Waals surface area contributed by atoms with Gasteiger partial charge in [-0.15, -0.1) is 0 Å². The van der Waals surface area contributed by atoms with Crippen molar-refractivity contribution in [3.63, 3.8) is 0 Å². The number of rotatable bonds is 5. The minimum absolute atomic E-state index is 0.291. The number of nitrogens with one attached hydrogen (secondary N) is 1. The van der Waals surface area contributed by atoms with Gasteiger partial charge in [-0.2, -0.15) is 0 Å². The highest BCUT2D eigenvalue weighted by Crippen LogP contribution is 2.31. The van der Waals surface area contributed by atoms with Crippen LogP contribution in [0.15, 0.2) is 23.0 Å². The minimum atomic E-state index is -0.497. The highest BCUT2D eigenvalue weighted by Gasteiger charge is 2.27. The summed E-state index contributed by atoms with van der Waals surface area (Å²) in [6.07, 6.45) is 5.29. The molecule has 0 fully saturated rings. The van der Waals surface area contributed by atoms with E-state index >= 15 is 0 Å². The van der Waals surface area contributed by atoms with E-state index in [1.807, 2.05) is 13.0 Å². The topological polar surface area (TPSA) is 73.6 Å². The predicted molar refractivity (Wildman–Crippen MR) is 67.3 cm³/mol. The molecule has 0 aromatic rings. The Balaban J connectivity index is 2.17. The second-order valence-corrected chi connectivity index (χ2v) is 4.49. The average Bonchev–Trinajstić information content (AvgIpc) is 2.39. The molecule has 100 valence electrons. The first-order chi connectivity index (χ1) is 8.76. The third-order valence-electron chi connectivity index (χ3n) is 3.34. The molecule has 0 saturated heterocycles. The fourth-order valence-corrected chi connectivity index (χ4v) is 2.48. The molecule has 2 aliphatic rings. The van der Waals surface area contributed by atoms with Gasteiger partial charge >= 0.3 is 0 Å². The van der Waals surface area contributed by atoms with Crippen molar-refractivity contribution in [1.82, 2.24) is 5.32 Å². The molecule has 2 atom stereocenters. The molecule has 3 N–H and O–H groups in total. The fourth-order valence-electron chi connectivity index (χ4n) is 2.48. The minimum Gasteiger partial charge on any atom is -0.456 e. The number of hydrogen-bond donors (Lipinski definition) is 2. The van der Waals surface area contributed by atoms with Crippen molar-refractivity contribution >= 4 is 6.47 Å². The van der Waals surface area contributed by atoms with Crippen LogP contribution >= 0.6 is 0 Å². The first kappa shape index (κ1) is 13.1. The number of allylic oxidation sites excluding steroid dienone is 1. The molecule has 5 heteroatoms. The summed E-state index contributed by atoms with van der Waals surface area (Å²) < 4.78 is 10.5. The molecule has 0 bridgehead atoms. The van der Waals surface area contributed by atoms with Gasteiger partial charge in [-0.05, 0) is 44.3 Å². The van der Waals surface area contributed by atoms with Crippen LogP contribution in [0, 0.1) is 0 Å². The Hall–Kier alpha value is -1.33. The maximum atomic E-state index is 10.6. The van der Waals surface area contributed by atoms with Crippen LogP contribution in [0.1, 0.15) is 32.6 Å². The zero-order chi connectivity index (χ0) is 13.0. The smallest absolute Gasteiger partial charge is 0.294 e. The van der Waals surface area contributed by atoms with Crippen molar-refractivity contribution in [2.75, 3.05) is 6.61 Å².